The van der Waals surface area contributed by atoms with Crippen molar-refractivity contribution in [3.63, 3.8) is 0 Å². The predicted octanol–water partition coefficient (Wildman–Crippen LogP) is 1.71. The van der Waals surface area contributed by atoms with Crippen LogP contribution in [0.1, 0.15) is 17.4 Å². The largest absolute Gasteiger partial charge is 0.462 e. The Kier molecular flexibility index (Phi) is 3.74. The number of piperazine rings is 1. The van der Waals surface area contributed by atoms with Gasteiger partial charge in [0.1, 0.15) is 5.69 Å². The molecule has 1 saturated heterocycles. The number of nitrogens with zero attached hydrogens (tertiary/aromatic N) is 3. The summed E-state index contributed by atoms with van der Waals surface area (Å²) >= 11 is 1.39. The van der Waals surface area contributed by atoms with Crippen molar-refractivity contribution in [2.24, 2.45) is 0 Å². The van der Waals surface area contributed by atoms with Crippen molar-refractivity contribution in [3.8, 4) is 10.8 Å². The van der Waals surface area contributed by atoms with Gasteiger partial charge in [0.05, 0.1) is 6.26 Å². The third kappa shape index (κ3) is 2.82. The van der Waals surface area contributed by atoms with Crippen molar-refractivity contribution < 1.29 is 14.0 Å². The van der Waals surface area contributed by atoms with Crippen LogP contribution in [-0.2, 0) is 4.79 Å². The highest BCUT2D eigenvalue weighted by Gasteiger charge is 2.25. The Labute approximate surface area is 126 Å². The summed E-state index contributed by atoms with van der Waals surface area (Å²) in [5.41, 5.74) is 0.433. The van der Waals surface area contributed by atoms with E-state index in [1.807, 2.05) is 6.07 Å². The van der Waals surface area contributed by atoms with E-state index in [1.165, 1.54) is 11.3 Å². The zero-order chi connectivity index (χ0) is 14.8. The average Bonchev–Trinajstić information content (AvgIpc) is 3.17. The fourth-order valence-corrected chi connectivity index (χ4v) is 3.03. The minimum Gasteiger partial charge on any atom is -0.462 e. The first kappa shape index (κ1) is 13.8. The lowest BCUT2D eigenvalue weighted by molar-refractivity contribution is -0.130. The summed E-state index contributed by atoms with van der Waals surface area (Å²) in [6, 6.07) is 3.61. The lowest BCUT2D eigenvalue weighted by atomic mass is 10.3. The SMILES string of the molecule is CC(=O)N1CCN(C(=O)c2csc(-c3ccco3)n2)CC1. The monoisotopic (exact) mass is 305 g/mol. The molecule has 0 unspecified atom stereocenters. The summed E-state index contributed by atoms with van der Waals surface area (Å²) in [7, 11) is 0. The number of hydrogen-bond donors (Lipinski definition) is 0. The molecule has 1 fully saturated rings. The number of thiazole rings is 1. The van der Waals surface area contributed by atoms with E-state index >= 15 is 0 Å². The van der Waals surface area contributed by atoms with Crippen LogP contribution >= 0.6 is 11.3 Å². The van der Waals surface area contributed by atoms with Crippen molar-refractivity contribution in [3.05, 3.63) is 29.5 Å². The highest BCUT2D eigenvalue weighted by Crippen LogP contribution is 2.24. The van der Waals surface area contributed by atoms with Gasteiger partial charge in [-0.25, -0.2) is 4.98 Å². The highest BCUT2D eigenvalue weighted by molar-refractivity contribution is 7.13. The number of furan rings is 1. The summed E-state index contributed by atoms with van der Waals surface area (Å²) in [5.74, 6) is 0.628. The van der Waals surface area contributed by atoms with Crippen molar-refractivity contribution in [1.82, 2.24) is 14.8 Å². The standard InChI is InChI=1S/C14H15N3O3S/c1-10(18)16-4-6-17(7-5-16)14(19)11-9-21-13(15-11)12-3-2-8-20-12/h2-3,8-9H,4-7H2,1H3. The van der Waals surface area contributed by atoms with Crippen LogP contribution in [-0.4, -0.2) is 52.8 Å². The number of aromatic nitrogens is 1. The van der Waals surface area contributed by atoms with Crippen LogP contribution < -0.4 is 0 Å². The van der Waals surface area contributed by atoms with Gasteiger partial charge in [0.25, 0.3) is 5.91 Å². The molecule has 110 valence electrons. The Hall–Kier alpha value is -2.15. The topological polar surface area (TPSA) is 66.7 Å². The Morgan fingerprint density at radius 2 is 1.95 bits per heavy atom. The lowest BCUT2D eigenvalue weighted by Gasteiger charge is -2.33. The molecule has 1 aliphatic heterocycles. The molecular weight excluding hydrogens is 290 g/mol. The molecule has 0 radical (unpaired) electrons. The molecule has 0 bridgehead atoms. The van der Waals surface area contributed by atoms with Crippen LogP contribution in [0.3, 0.4) is 0 Å². The van der Waals surface area contributed by atoms with Gasteiger partial charge in [-0.05, 0) is 12.1 Å². The molecule has 21 heavy (non-hydrogen) atoms. The first-order valence-electron chi connectivity index (χ1n) is 6.69. The van der Waals surface area contributed by atoms with E-state index in [4.69, 9.17) is 4.42 Å². The number of amides is 2. The van der Waals surface area contributed by atoms with Gasteiger partial charge in [0.15, 0.2) is 10.8 Å². The Morgan fingerprint density at radius 3 is 2.57 bits per heavy atom. The Bertz CT molecular complexity index is 642. The van der Waals surface area contributed by atoms with Crippen LogP contribution in [0, 0.1) is 0 Å². The number of hydrogen-bond acceptors (Lipinski definition) is 5. The van der Waals surface area contributed by atoms with Gasteiger partial charge in [-0.2, -0.15) is 0 Å². The third-order valence-corrected chi connectivity index (χ3v) is 4.32. The minimum absolute atomic E-state index is 0.0517. The first-order chi connectivity index (χ1) is 10.1. The van der Waals surface area contributed by atoms with E-state index in [0.29, 0.717) is 42.6 Å². The molecule has 1 aliphatic rings. The van der Waals surface area contributed by atoms with Crippen LogP contribution in [0.5, 0.6) is 0 Å². The maximum atomic E-state index is 12.4. The molecule has 2 amide bonds. The summed E-state index contributed by atoms with van der Waals surface area (Å²) in [5, 5.41) is 2.45. The van der Waals surface area contributed by atoms with Crippen molar-refractivity contribution in [2.45, 2.75) is 6.92 Å². The minimum atomic E-state index is -0.0905. The fraction of sp³-hybridized carbons (Fsp3) is 0.357. The highest BCUT2D eigenvalue weighted by atomic mass is 32.1. The molecule has 2 aromatic heterocycles. The van der Waals surface area contributed by atoms with E-state index in [-0.39, 0.29) is 11.8 Å². The van der Waals surface area contributed by atoms with Gasteiger partial charge >= 0.3 is 0 Å². The maximum Gasteiger partial charge on any atom is 0.273 e. The van der Waals surface area contributed by atoms with Crippen LogP contribution in [0.4, 0.5) is 0 Å². The fourth-order valence-electron chi connectivity index (χ4n) is 2.27. The Balaban J connectivity index is 1.68. The van der Waals surface area contributed by atoms with Gasteiger partial charge in [-0.3, -0.25) is 9.59 Å². The van der Waals surface area contributed by atoms with Crippen molar-refractivity contribution >= 4 is 23.2 Å². The normalized spacial score (nSPS) is 15.3. The van der Waals surface area contributed by atoms with E-state index < -0.39 is 0 Å². The summed E-state index contributed by atoms with van der Waals surface area (Å²) in [6.07, 6.45) is 1.58. The zero-order valence-electron chi connectivity index (χ0n) is 11.6. The average molecular weight is 305 g/mol. The molecule has 2 aromatic rings. The third-order valence-electron chi connectivity index (χ3n) is 3.47. The van der Waals surface area contributed by atoms with Crippen LogP contribution in [0.15, 0.2) is 28.2 Å². The molecular formula is C14H15N3O3S. The predicted molar refractivity (Wildman–Crippen MR) is 78.0 cm³/mol. The molecule has 0 aromatic carbocycles. The maximum absolute atomic E-state index is 12.4. The number of rotatable bonds is 2. The van der Waals surface area contributed by atoms with Crippen molar-refractivity contribution in [2.75, 3.05) is 26.2 Å². The summed E-state index contributed by atoms with van der Waals surface area (Å²) < 4.78 is 5.28. The zero-order valence-corrected chi connectivity index (χ0v) is 12.4. The van der Waals surface area contributed by atoms with E-state index in [0.717, 1.165) is 0 Å². The molecule has 0 N–H and O–H groups in total. The van der Waals surface area contributed by atoms with Gasteiger partial charge in [-0.1, -0.05) is 0 Å². The molecule has 0 spiro atoms. The van der Waals surface area contributed by atoms with Crippen molar-refractivity contribution in [1.29, 1.82) is 0 Å². The van der Waals surface area contributed by atoms with Gasteiger partial charge in [-0.15, -0.1) is 11.3 Å². The quantitative estimate of drug-likeness (QED) is 0.847. The smallest absolute Gasteiger partial charge is 0.273 e. The molecule has 3 rings (SSSR count). The van der Waals surface area contributed by atoms with E-state index in [2.05, 4.69) is 4.98 Å². The molecule has 3 heterocycles. The van der Waals surface area contributed by atoms with Gasteiger partial charge in [0.2, 0.25) is 5.91 Å². The Morgan fingerprint density at radius 1 is 1.24 bits per heavy atom. The first-order valence-corrected chi connectivity index (χ1v) is 7.57. The number of carbonyl (C=O) groups is 2. The van der Waals surface area contributed by atoms with Gasteiger partial charge < -0.3 is 14.2 Å². The van der Waals surface area contributed by atoms with Crippen LogP contribution in [0.25, 0.3) is 10.8 Å². The molecule has 0 aliphatic carbocycles. The molecule has 0 atom stereocenters. The molecule has 7 heteroatoms. The second-order valence-corrected chi connectivity index (χ2v) is 5.67. The summed E-state index contributed by atoms with van der Waals surface area (Å²) in [4.78, 5) is 31.5. The van der Waals surface area contributed by atoms with E-state index in [1.54, 1.807) is 34.4 Å². The number of carbonyl (C=O) groups excluding carboxylic acids is 2. The lowest BCUT2D eigenvalue weighted by Crippen LogP contribution is -2.50. The second-order valence-electron chi connectivity index (χ2n) is 4.81. The summed E-state index contributed by atoms with van der Waals surface area (Å²) in [6.45, 7) is 3.80. The molecule has 6 nitrogen and oxygen atoms in total. The van der Waals surface area contributed by atoms with Gasteiger partial charge in [0, 0.05) is 38.5 Å². The molecule has 0 saturated carbocycles. The van der Waals surface area contributed by atoms with E-state index in [9.17, 15) is 9.59 Å². The van der Waals surface area contributed by atoms with Crippen LogP contribution in [0.2, 0.25) is 0 Å². The second kappa shape index (κ2) is 5.69.